The molecule has 1 atom stereocenters. The van der Waals surface area contributed by atoms with E-state index < -0.39 is 5.91 Å². The number of rotatable bonds is 5. The number of hydrogen-bond acceptors (Lipinski definition) is 4. The molecule has 1 unspecified atom stereocenters. The highest BCUT2D eigenvalue weighted by Crippen LogP contribution is 2.19. The maximum Gasteiger partial charge on any atom is 0.248 e. The molecule has 1 aliphatic heterocycles. The highest BCUT2D eigenvalue weighted by Gasteiger charge is 2.18. The Balaban J connectivity index is 2.15. The van der Waals surface area contributed by atoms with Crippen LogP contribution < -0.4 is 16.0 Å². The van der Waals surface area contributed by atoms with Crippen molar-refractivity contribution >= 4 is 11.7 Å². The number of carbonyl (C=O) groups is 1. The zero-order chi connectivity index (χ0) is 14.5. The molecule has 1 aromatic heterocycles. The normalized spacial score (nSPS) is 18.8. The molecule has 5 nitrogen and oxygen atoms in total. The van der Waals surface area contributed by atoms with E-state index in [-0.39, 0.29) is 0 Å². The molecule has 1 aliphatic rings. The first kappa shape index (κ1) is 14.8. The SMILES string of the molecule is CCN(CC1CCCNC1)c1cc(C(N)=O)cc(C)n1. The maximum absolute atomic E-state index is 11.4. The molecule has 2 rings (SSSR count). The first-order valence-electron chi connectivity index (χ1n) is 7.34. The van der Waals surface area contributed by atoms with Crippen molar-refractivity contribution < 1.29 is 4.79 Å². The smallest absolute Gasteiger partial charge is 0.248 e. The second kappa shape index (κ2) is 6.70. The lowest BCUT2D eigenvalue weighted by Gasteiger charge is -2.30. The van der Waals surface area contributed by atoms with Gasteiger partial charge >= 0.3 is 0 Å². The van der Waals surface area contributed by atoms with E-state index >= 15 is 0 Å². The highest BCUT2D eigenvalue weighted by atomic mass is 16.1. The number of carbonyl (C=O) groups excluding carboxylic acids is 1. The van der Waals surface area contributed by atoms with E-state index in [9.17, 15) is 4.79 Å². The van der Waals surface area contributed by atoms with Crippen LogP contribution in [0.3, 0.4) is 0 Å². The summed E-state index contributed by atoms with van der Waals surface area (Å²) in [4.78, 5) is 18.2. The molecule has 3 N–H and O–H groups in total. The molecule has 2 heterocycles. The summed E-state index contributed by atoms with van der Waals surface area (Å²) in [5.74, 6) is 1.10. The fraction of sp³-hybridized carbons (Fsp3) is 0.600. The topological polar surface area (TPSA) is 71.2 Å². The maximum atomic E-state index is 11.4. The number of anilines is 1. The van der Waals surface area contributed by atoms with Gasteiger partial charge < -0.3 is 16.0 Å². The van der Waals surface area contributed by atoms with Crippen LogP contribution in [-0.2, 0) is 0 Å². The standard InChI is InChI=1S/C15H24N4O/c1-3-19(10-12-5-4-6-17-9-12)14-8-13(15(16)20)7-11(2)18-14/h7-8,12,17H,3-6,9-10H2,1-2H3,(H2,16,20). The van der Waals surface area contributed by atoms with E-state index in [0.717, 1.165) is 37.7 Å². The number of aryl methyl sites for hydroxylation is 1. The summed E-state index contributed by atoms with van der Waals surface area (Å²) in [7, 11) is 0. The summed E-state index contributed by atoms with van der Waals surface area (Å²) >= 11 is 0. The minimum Gasteiger partial charge on any atom is -0.366 e. The van der Waals surface area contributed by atoms with Gasteiger partial charge in [-0.2, -0.15) is 0 Å². The third-order valence-corrected chi connectivity index (χ3v) is 3.81. The quantitative estimate of drug-likeness (QED) is 0.850. The Morgan fingerprint density at radius 1 is 1.55 bits per heavy atom. The summed E-state index contributed by atoms with van der Waals surface area (Å²) in [6.45, 7) is 8.04. The van der Waals surface area contributed by atoms with Gasteiger partial charge in [0.2, 0.25) is 5.91 Å². The summed E-state index contributed by atoms with van der Waals surface area (Å²) in [6.07, 6.45) is 2.48. The largest absolute Gasteiger partial charge is 0.366 e. The van der Waals surface area contributed by atoms with Crippen molar-refractivity contribution in [1.29, 1.82) is 0 Å². The number of piperidine rings is 1. The predicted octanol–water partition coefficient (Wildman–Crippen LogP) is 1.31. The zero-order valence-corrected chi connectivity index (χ0v) is 12.4. The van der Waals surface area contributed by atoms with Crippen molar-refractivity contribution in [2.24, 2.45) is 11.7 Å². The van der Waals surface area contributed by atoms with Crippen LogP contribution in [0, 0.1) is 12.8 Å². The molecule has 5 heteroatoms. The van der Waals surface area contributed by atoms with E-state index in [1.54, 1.807) is 12.1 Å². The van der Waals surface area contributed by atoms with E-state index in [1.807, 2.05) is 6.92 Å². The van der Waals surface area contributed by atoms with Crippen LogP contribution >= 0.6 is 0 Å². The minimum absolute atomic E-state index is 0.396. The highest BCUT2D eigenvalue weighted by molar-refractivity contribution is 5.93. The molecular formula is C15H24N4O. The summed E-state index contributed by atoms with van der Waals surface area (Å²) < 4.78 is 0. The first-order chi connectivity index (χ1) is 9.60. The minimum atomic E-state index is -0.396. The summed E-state index contributed by atoms with van der Waals surface area (Å²) in [5, 5.41) is 3.44. The summed E-state index contributed by atoms with van der Waals surface area (Å²) in [6, 6.07) is 3.54. The van der Waals surface area contributed by atoms with Crippen LogP contribution in [0.5, 0.6) is 0 Å². The van der Waals surface area contributed by atoms with Gasteiger partial charge in [-0.3, -0.25) is 4.79 Å². The average molecular weight is 276 g/mol. The molecular weight excluding hydrogens is 252 g/mol. The van der Waals surface area contributed by atoms with Crippen LogP contribution in [0.2, 0.25) is 0 Å². The Morgan fingerprint density at radius 2 is 2.35 bits per heavy atom. The van der Waals surface area contributed by atoms with Gasteiger partial charge in [0.1, 0.15) is 5.82 Å². The van der Waals surface area contributed by atoms with E-state index in [0.29, 0.717) is 11.5 Å². The molecule has 0 spiro atoms. The third-order valence-electron chi connectivity index (χ3n) is 3.81. The summed E-state index contributed by atoms with van der Waals surface area (Å²) in [5.41, 5.74) is 6.75. The van der Waals surface area contributed by atoms with Gasteiger partial charge in [-0.15, -0.1) is 0 Å². The number of aromatic nitrogens is 1. The van der Waals surface area contributed by atoms with E-state index in [4.69, 9.17) is 5.73 Å². The second-order valence-electron chi connectivity index (χ2n) is 5.47. The molecule has 110 valence electrons. The van der Waals surface area contributed by atoms with E-state index in [2.05, 4.69) is 22.1 Å². The van der Waals surface area contributed by atoms with Crippen LogP contribution in [0.4, 0.5) is 5.82 Å². The monoisotopic (exact) mass is 276 g/mol. The Bertz CT molecular complexity index is 469. The van der Waals surface area contributed by atoms with Crippen molar-refractivity contribution in [2.45, 2.75) is 26.7 Å². The van der Waals surface area contributed by atoms with Crippen molar-refractivity contribution in [2.75, 3.05) is 31.1 Å². The van der Waals surface area contributed by atoms with Gasteiger partial charge in [0.25, 0.3) is 0 Å². The van der Waals surface area contributed by atoms with Crippen molar-refractivity contribution in [3.05, 3.63) is 23.4 Å². The van der Waals surface area contributed by atoms with Gasteiger partial charge in [-0.05, 0) is 57.8 Å². The molecule has 1 amide bonds. The average Bonchev–Trinajstić information content (AvgIpc) is 2.45. The molecule has 1 fully saturated rings. The third kappa shape index (κ3) is 3.70. The Kier molecular flexibility index (Phi) is 4.95. The van der Waals surface area contributed by atoms with Crippen molar-refractivity contribution in [3.8, 4) is 0 Å². The molecule has 1 aromatic rings. The number of amides is 1. The number of primary amides is 1. The number of pyridine rings is 1. The predicted molar refractivity (Wildman–Crippen MR) is 81.0 cm³/mol. The fourth-order valence-corrected chi connectivity index (χ4v) is 2.73. The lowest BCUT2D eigenvalue weighted by atomic mass is 9.99. The van der Waals surface area contributed by atoms with Crippen LogP contribution in [0.1, 0.15) is 35.8 Å². The number of nitrogens with one attached hydrogen (secondary N) is 1. The van der Waals surface area contributed by atoms with Crippen molar-refractivity contribution in [3.63, 3.8) is 0 Å². The Labute approximate surface area is 120 Å². The fourth-order valence-electron chi connectivity index (χ4n) is 2.73. The molecule has 0 bridgehead atoms. The lowest BCUT2D eigenvalue weighted by Crippen LogP contribution is -2.38. The first-order valence-corrected chi connectivity index (χ1v) is 7.34. The molecule has 0 aliphatic carbocycles. The van der Waals surface area contributed by atoms with Gasteiger partial charge in [0.15, 0.2) is 0 Å². The van der Waals surface area contributed by atoms with Crippen LogP contribution in [0.25, 0.3) is 0 Å². The Morgan fingerprint density at radius 3 is 2.95 bits per heavy atom. The molecule has 0 aromatic carbocycles. The lowest BCUT2D eigenvalue weighted by molar-refractivity contribution is 0.1000. The van der Waals surface area contributed by atoms with Crippen LogP contribution in [0.15, 0.2) is 12.1 Å². The zero-order valence-electron chi connectivity index (χ0n) is 12.4. The Hall–Kier alpha value is -1.62. The molecule has 20 heavy (non-hydrogen) atoms. The van der Waals surface area contributed by atoms with Crippen molar-refractivity contribution in [1.82, 2.24) is 10.3 Å². The van der Waals surface area contributed by atoms with Gasteiger partial charge in [0, 0.05) is 24.3 Å². The number of hydrogen-bond donors (Lipinski definition) is 2. The number of nitrogens with zero attached hydrogens (tertiary/aromatic N) is 2. The van der Waals surface area contributed by atoms with Gasteiger partial charge in [0.05, 0.1) is 0 Å². The van der Waals surface area contributed by atoms with Gasteiger partial charge in [-0.25, -0.2) is 4.98 Å². The van der Waals surface area contributed by atoms with Gasteiger partial charge in [-0.1, -0.05) is 0 Å². The second-order valence-corrected chi connectivity index (χ2v) is 5.47. The van der Waals surface area contributed by atoms with Crippen LogP contribution in [-0.4, -0.2) is 37.1 Å². The molecule has 0 saturated carbocycles. The molecule has 0 radical (unpaired) electrons. The molecule has 1 saturated heterocycles. The number of nitrogens with two attached hydrogens (primary N) is 1. The van der Waals surface area contributed by atoms with E-state index in [1.165, 1.54) is 12.8 Å².